The van der Waals surface area contributed by atoms with Crippen molar-refractivity contribution in [1.29, 1.82) is 0 Å². The summed E-state index contributed by atoms with van der Waals surface area (Å²) in [5.41, 5.74) is 4.33. The molecule has 0 aliphatic rings. The third kappa shape index (κ3) is 4.58. The van der Waals surface area contributed by atoms with E-state index in [0.717, 1.165) is 22.3 Å². The van der Waals surface area contributed by atoms with Gasteiger partial charge in [-0.2, -0.15) is 0 Å². The molecule has 0 aliphatic carbocycles. The van der Waals surface area contributed by atoms with Crippen LogP contribution in [0.3, 0.4) is 0 Å². The van der Waals surface area contributed by atoms with E-state index in [1.54, 1.807) is 32.2 Å². The van der Waals surface area contributed by atoms with Crippen LogP contribution >= 0.6 is 0 Å². The minimum absolute atomic E-state index is 0.0283. The summed E-state index contributed by atoms with van der Waals surface area (Å²) in [5.74, 6) is 0.256. The number of carboxylic acids is 1. The molecule has 2 N–H and O–H groups in total. The van der Waals surface area contributed by atoms with Crippen molar-refractivity contribution >= 4 is 5.97 Å². The summed E-state index contributed by atoms with van der Waals surface area (Å²) < 4.78 is 11.5. The van der Waals surface area contributed by atoms with Gasteiger partial charge in [0.1, 0.15) is 18.1 Å². The zero-order chi connectivity index (χ0) is 20.8. The van der Waals surface area contributed by atoms with Crippen LogP contribution in [0.1, 0.15) is 27.0 Å². The fourth-order valence-electron chi connectivity index (χ4n) is 3.41. The molecule has 150 valence electrons. The summed E-state index contributed by atoms with van der Waals surface area (Å²) in [4.78, 5) is 11.6. The smallest absolute Gasteiger partial charge is 0.335 e. The molecule has 0 fully saturated rings. The van der Waals surface area contributed by atoms with Gasteiger partial charge in [-0.15, -0.1) is 0 Å². The SMILES string of the molecule is COc1cc(OCc2ccccc2)ccc1-c1c(CCO)ccc(C(=O)O)c1C. The number of carboxylic acid groups (broad SMARTS) is 1. The second-order valence-corrected chi connectivity index (χ2v) is 6.69. The van der Waals surface area contributed by atoms with Crippen molar-refractivity contribution in [2.24, 2.45) is 0 Å². The summed E-state index contributed by atoms with van der Waals surface area (Å²) in [6.45, 7) is 2.19. The molecule has 3 aromatic carbocycles. The second kappa shape index (κ2) is 9.26. The number of benzene rings is 3. The van der Waals surface area contributed by atoms with Crippen molar-refractivity contribution in [3.63, 3.8) is 0 Å². The molecule has 0 heterocycles. The van der Waals surface area contributed by atoms with Gasteiger partial charge in [0, 0.05) is 18.2 Å². The molecule has 0 aromatic heterocycles. The number of hydrogen-bond donors (Lipinski definition) is 2. The van der Waals surface area contributed by atoms with Crippen LogP contribution < -0.4 is 9.47 Å². The van der Waals surface area contributed by atoms with E-state index in [4.69, 9.17) is 9.47 Å². The highest BCUT2D eigenvalue weighted by Crippen LogP contribution is 2.38. The first-order chi connectivity index (χ1) is 14.0. The zero-order valence-corrected chi connectivity index (χ0v) is 16.5. The van der Waals surface area contributed by atoms with Gasteiger partial charge in [-0.3, -0.25) is 0 Å². The molecular weight excluding hydrogens is 368 g/mol. The topological polar surface area (TPSA) is 76.0 Å². The van der Waals surface area contributed by atoms with Crippen molar-refractivity contribution < 1.29 is 24.5 Å². The molecule has 5 heteroatoms. The van der Waals surface area contributed by atoms with E-state index in [2.05, 4.69) is 0 Å². The Morgan fingerprint density at radius 1 is 1.03 bits per heavy atom. The Hall–Kier alpha value is -3.31. The lowest BCUT2D eigenvalue weighted by atomic mass is 9.89. The van der Waals surface area contributed by atoms with Crippen LogP contribution in [0.5, 0.6) is 11.5 Å². The molecular formula is C24H24O5. The van der Waals surface area contributed by atoms with E-state index in [0.29, 0.717) is 30.1 Å². The van der Waals surface area contributed by atoms with Crippen molar-refractivity contribution in [2.75, 3.05) is 13.7 Å². The third-order valence-electron chi connectivity index (χ3n) is 4.85. The molecule has 0 radical (unpaired) electrons. The first-order valence-corrected chi connectivity index (χ1v) is 9.37. The second-order valence-electron chi connectivity index (χ2n) is 6.69. The Morgan fingerprint density at radius 3 is 2.45 bits per heavy atom. The van der Waals surface area contributed by atoms with Crippen LogP contribution in [0.2, 0.25) is 0 Å². The van der Waals surface area contributed by atoms with E-state index < -0.39 is 5.97 Å². The summed E-state index contributed by atoms with van der Waals surface area (Å²) in [6, 6.07) is 18.7. The highest BCUT2D eigenvalue weighted by atomic mass is 16.5. The highest BCUT2D eigenvalue weighted by Gasteiger charge is 2.19. The van der Waals surface area contributed by atoms with Gasteiger partial charge in [-0.1, -0.05) is 36.4 Å². The van der Waals surface area contributed by atoms with Gasteiger partial charge in [0.05, 0.1) is 12.7 Å². The van der Waals surface area contributed by atoms with E-state index in [9.17, 15) is 15.0 Å². The quantitative estimate of drug-likeness (QED) is 0.591. The predicted molar refractivity (Wildman–Crippen MR) is 112 cm³/mol. The Morgan fingerprint density at radius 2 is 1.79 bits per heavy atom. The number of aromatic carboxylic acids is 1. The maximum Gasteiger partial charge on any atom is 0.335 e. The number of ether oxygens (including phenoxy) is 2. The highest BCUT2D eigenvalue weighted by molar-refractivity contribution is 5.93. The van der Waals surface area contributed by atoms with Gasteiger partial charge in [-0.05, 0) is 53.8 Å². The fraction of sp³-hybridized carbons (Fsp3) is 0.208. The molecule has 0 saturated carbocycles. The Balaban J connectivity index is 2.00. The number of rotatable bonds is 8. The van der Waals surface area contributed by atoms with Crippen LogP contribution in [0.15, 0.2) is 60.7 Å². The maximum atomic E-state index is 11.6. The van der Waals surface area contributed by atoms with Crippen molar-refractivity contribution in [2.45, 2.75) is 20.0 Å². The Labute approximate surface area is 170 Å². The largest absolute Gasteiger partial charge is 0.496 e. The van der Waals surface area contributed by atoms with Crippen LogP contribution in [0.25, 0.3) is 11.1 Å². The summed E-state index contributed by atoms with van der Waals surface area (Å²) in [5, 5.41) is 18.9. The van der Waals surface area contributed by atoms with Crippen LogP contribution in [-0.2, 0) is 13.0 Å². The first-order valence-electron chi connectivity index (χ1n) is 9.37. The molecule has 29 heavy (non-hydrogen) atoms. The number of aliphatic hydroxyl groups is 1. The van der Waals surface area contributed by atoms with E-state index >= 15 is 0 Å². The van der Waals surface area contributed by atoms with Crippen molar-refractivity contribution in [1.82, 2.24) is 0 Å². The predicted octanol–water partition coefficient (Wildman–Crippen LogP) is 4.48. The fourth-order valence-corrected chi connectivity index (χ4v) is 3.41. The van der Waals surface area contributed by atoms with Gasteiger partial charge < -0.3 is 19.7 Å². The minimum Gasteiger partial charge on any atom is -0.496 e. The van der Waals surface area contributed by atoms with Gasteiger partial charge >= 0.3 is 5.97 Å². The number of methoxy groups -OCH3 is 1. The zero-order valence-electron chi connectivity index (χ0n) is 16.5. The maximum absolute atomic E-state index is 11.6. The lowest BCUT2D eigenvalue weighted by molar-refractivity contribution is 0.0696. The molecule has 0 unspecified atom stereocenters. The summed E-state index contributed by atoms with van der Waals surface area (Å²) in [6.07, 6.45) is 0.422. The molecule has 0 amide bonds. The van der Waals surface area contributed by atoms with Gasteiger partial charge in [0.15, 0.2) is 0 Å². The van der Waals surface area contributed by atoms with Gasteiger partial charge in [-0.25, -0.2) is 4.79 Å². The molecule has 3 aromatic rings. The molecule has 0 saturated heterocycles. The Bertz CT molecular complexity index is 996. The number of hydrogen-bond acceptors (Lipinski definition) is 4. The Kier molecular flexibility index (Phi) is 6.52. The molecule has 0 spiro atoms. The van der Waals surface area contributed by atoms with E-state index in [1.165, 1.54) is 0 Å². The van der Waals surface area contributed by atoms with Crippen LogP contribution in [0, 0.1) is 6.92 Å². The van der Waals surface area contributed by atoms with Crippen LogP contribution in [-0.4, -0.2) is 29.9 Å². The standard InChI is InChI=1S/C24H24O5/c1-16-20(24(26)27)10-8-18(12-13-25)23(16)21-11-9-19(14-22(21)28-2)29-15-17-6-4-3-5-7-17/h3-11,14,25H,12-13,15H2,1-2H3,(H,26,27). The molecule has 3 rings (SSSR count). The van der Waals surface area contributed by atoms with Crippen LogP contribution in [0.4, 0.5) is 0 Å². The van der Waals surface area contributed by atoms with Gasteiger partial charge in [0.2, 0.25) is 0 Å². The lowest BCUT2D eigenvalue weighted by Gasteiger charge is -2.18. The summed E-state index contributed by atoms with van der Waals surface area (Å²) in [7, 11) is 1.57. The normalized spacial score (nSPS) is 10.6. The number of carbonyl (C=O) groups is 1. The van der Waals surface area contributed by atoms with Crippen molar-refractivity contribution in [3.05, 3.63) is 82.9 Å². The molecule has 0 bridgehead atoms. The average Bonchev–Trinajstić information content (AvgIpc) is 2.73. The molecule has 5 nitrogen and oxygen atoms in total. The third-order valence-corrected chi connectivity index (χ3v) is 4.85. The monoisotopic (exact) mass is 392 g/mol. The average molecular weight is 392 g/mol. The minimum atomic E-state index is -0.985. The van der Waals surface area contributed by atoms with E-state index in [1.807, 2.05) is 42.5 Å². The van der Waals surface area contributed by atoms with Crippen molar-refractivity contribution in [3.8, 4) is 22.6 Å². The molecule has 0 atom stereocenters. The molecule has 0 aliphatic heterocycles. The first kappa shape index (κ1) is 20.4. The lowest BCUT2D eigenvalue weighted by Crippen LogP contribution is -2.05. The number of aliphatic hydroxyl groups excluding tert-OH is 1. The summed E-state index contributed by atoms with van der Waals surface area (Å²) >= 11 is 0. The van der Waals surface area contributed by atoms with Gasteiger partial charge in [0.25, 0.3) is 0 Å². The van der Waals surface area contributed by atoms with E-state index in [-0.39, 0.29) is 12.2 Å².